The summed E-state index contributed by atoms with van der Waals surface area (Å²) in [6, 6.07) is 0. The lowest BCUT2D eigenvalue weighted by atomic mass is 9.77. The quantitative estimate of drug-likeness (QED) is 0.886. The summed E-state index contributed by atoms with van der Waals surface area (Å²) >= 11 is 0. The minimum Gasteiger partial charge on any atom is -0.480 e. The Hall–Kier alpha value is -1.98. The van der Waals surface area contributed by atoms with Crippen molar-refractivity contribution in [2.75, 3.05) is 0 Å². The van der Waals surface area contributed by atoms with Crippen molar-refractivity contribution in [2.45, 2.75) is 52.0 Å². The summed E-state index contributed by atoms with van der Waals surface area (Å²) in [5.41, 5.74) is -0.273. The van der Waals surface area contributed by atoms with Crippen molar-refractivity contribution >= 4 is 11.9 Å². The molecule has 1 amide bonds. The summed E-state index contributed by atoms with van der Waals surface area (Å²) in [5, 5.41) is 12.2. The molecule has 1 aromatic heterocycles. The topological polar surface area (TPSA) is 92.2 Å². The average Bonchev–Trinajstić information content (AvgIpc) is 2.41. The molecule has 0 spiro atoms. The SMILES string of the molecule is Cc1ncc(C(=O)NC2(C(=O)O)CCC(C)CC2)c(C)n1. The van der Waals surface area contributed by atoms with Crippen LogP contribution >= 0.6 is 0 Å². The van der Waals surface area contributed by atoms with Crippen LogP contribution in [-0.4, -0.2) is 32.5 Å². The second-order valence-corrected chi connectivity index (χ2v) is 5.94. The minimum atomic E-state index is -1.17. The van der Waals surface area contributed by atoms with E-state index in [0.29, 0.717) is 35.8 Å². The van der Waals surface area contributed by atoms with Crippen molar-refractivity contribution in [3.8, 4) is 0 Å². The maximum atomic E-state index is 12.4. The van der Waals surface area contributed by atoms with Crippen molar-refractivity contribution in [3.63, 3.8) is 0 Å². The fourth-order valence-corrected chi connectivity index (χ4v) is 2.74. The Balaban J connectivity index is 2.21. The van der Waals surface area contributed by atoms with Crippen LogP contribution in [0.1, 0.15) is 54.5 Å². The summed E-state index contributed by atoms with van der Waals surface area (Å²) in [7, 11) is 0. The number of aliphatic carboxylic acids is 1. The third kappa shape index (κ3) is 3.20. The van der Waals surface area contributed by atoms with E-state index in [1.165, 1.54) is 6.20 Å². The van der Waals surface area contributed by atoms with Crippen LogP contribution in [0.5, 0.6) is 0 Å². The molecule has 21 heavy (non-hydrogen) atoms. The van der Waals surface area contributed by atoms with E-state index < -0.39 is 17.4 Å². The number of nitrogens with one attached hydrogen (secondary N) is 1. The predicted molar refractivity (Wildman–Crippen MR) is 77.0 cm³/mol. The van der Waals surface area contributed by atoms with Gasteiger partial charge in [-0.15, -0.1) is 0 Å². The lowest BCUT2D eigenvalue weighted by molar-refractivity contribution is -0.146. The van der Waals surface area contributed by atoms with E-state index in [1.807, 2.05) is 0 Å². The number of aryl methyl sites for hydroxylation is 2. The van der Waals surface area contributed by atoms with Crippen molar-refractivity contribution in [1.29, 1.82) is 0 Å². The third-order valence-corrected chi connectivity index (χ3v) is 4.23. The van der Waals surface area contributed by atoms with Gasteiger partial charge >= 0.3 is 5.97 Å². The van der Waals surface area contributed by atoms with Gasteiger partial charge in [0.25, 0.3) is 5.91 Å². The molecule has 1 saturated carbocycles. The summed E-state index contributed by atoms with van der Waals surface area (Å²) < 4.78 is 0. The van der Waals surface area contributed by atoms with Gasteiger partial charge in [-0.05, 0) is 45.4 Å². The van der Waals surface area contributed by atoms with E-state index in [1.54, 1.807) is 13.8 Å². The van der Waals surface area contributed by atoms with E-state index in [9.17, 15) is 14.7 Å². The Morgan fingerprint density at radius 3 is 2.48 bits per heavy atom. The van der Waals surface area contributed by atoms with Gasteiger partial charge in [-0.25, -0.2) is 14.8 Å². The average molecular weight is 291 g/mol. The Kier molecular flexibility index (Phi) is 4.25. The number of amides is 1. The minimum absolute atomic E-state index is 0.333. The third-order valence-electron chi connectivity index (χ3n) is 4.23. The molecule has 1 aromatic rings. The monoisotopic (exact) mass is 291 g/mol. The number of hydrogen-bond acceptors (Lipinski definition) is 4. The molecule has 0 radical (unpaired) electrons. The lowest BCUT2D eigenvalue weighted by Crippen LogP contribution is -2.56. The summed E-state index contributed by atoms with van der Waals surface area (Å²) in [4.78, 5) is 32.2. The number of carbonyl (C=O) groups is 2. The first-order valence-corrected chi connectivity index (χ1v) is 7.20. The van der Waals surface area contributed by atoms with Crippen LogP contribution in [0.2, 0.25) is 0 Å². The summed E-state index contributed by atoms with van der Waals surface area (Å²) in [6.45, 7) is 5.57. The van der Waals surface area contributed by atoms with Gasteiger partial charge in [0.15, 0.2) is 0 Å². The first-order valence-electron chi connectivity index (χ1n) is 7.20. The highest BCUT2D eigenvalue weighted by Gasteiger charge is 2.42. The normalized spacial score (nSPS) is 25.4. The fourth-order valence-electron chi connectivity index (χ4n) is 2.74. The molecule has 2 rings (SSSR count). The molecule has 0 aliphatic heterocycles. The number of hydrogen-bond donors (Lipinski definition) is 2. The van der Waals surface area contributed by atoms with Crippen molar-refractivity contribution < 1.29 is 14.7 Å². The maximum Gasteiger partial charge on any atom is 0.329 e. The maximum absolute atomic E-state index is 12.4. The highest BCUT2D eigenvalue weighted by molar-refractivity contribution is 5.98. The van der Waals surface area contributed by atoms with Crippen LogP contribution in [0, 0.1) is 19.8 Å². The molecule has 0 unspecified atom stereocenters. The van der Waals surface area contributed by atoms with E-state index in [4.69, 9.17) is 0 Å². The van der Waals surface area contributed by atoms with Gasteiger partial charge < -0.3 is 10.4 Å². The zero-order valence-electron chi connectivity index (χ0n) is 12.6. The molecule has 6 nitrogen and oxygen atoms in total. The van der Waals surface area contributed by atoms with Gasteiger partial charge in [-0.1, -0.05) is 6.92 Å². The highest BCUT2D eigenvalue weighted by atomic mass is 16.4. The van der Waals surface area contributed by atoms with E-state index in [-0.39, 0.29) is 0 Å². The number of nitrogens with zero attached hydrogens (tertiary/aromatic N) is 2. The van der Waals surface area contributed by atoms with Crippen LogP contribution in [0.15, 0.2) is 6.20 Å². The van der Waals surface area contributed by atoms with E-state index >= 15 is 0 Å². The molecule has 1 aliphatic carbocycles. The second-order valence-electron chi connectivity index (χ2n) is 5.94. The molecule has 1 aliphatic rings. The van der Waals surface area contributed by atoms with Gasteiger partial charge in [0, 0.05) is 6.20 Å². The number of rotatable bonds is 3. The van der Waals surface area contributed by atoms with Crippen LogP contribution in [0.3, 0.4) is 0 Å². The molecule has 0 aromatic carbocycles. The largest absolute Gasteiger partial charge is 0.480 e. The number of carbonyl (C=O) groups excluding carboxylic acids is 1. The molecule has 2 N–H and O–H groups in total. The van der Waals surface area contributed by atoms with Crippen LogP contribution < -0.4 is 5.32 Å². The summed E-state index contributed by atoms with van der Waals surface area (Å²) in [6.07, 6.45) is 3.97. The molecule has 6 heteroatoms. The van der Waals surface area contributed by atoms with Crippen LogP contribution in [-0.2, 0) is 4.79 Å². The first kappa shape index (κ1) is 15.4. The van der Waals surface area contributed by atoms with Crippen molar-refractivity contribution in [3.05, 3.63) is 23.3 Å². The molecule has 1 heterocycles. The molecule has 0 atom stereocenters. The molecule has 114 valence electrons. The van der Waals surface area contributed by atoms with Gasteiger partial charge in [-0.2, -0.15) is 0 Å². The van der Waals surface area contributed by atoms with Gasteiger partial charge in [0.2, 0.25) is 0 Å². The van der Waals surface area contributed by atoms with E-state index in [2.05, 4.69) is 22.2 Å². The van der Waals surface area contributed by atoms with Crippen LogP contribution in [0.4, 0.5) is 0 Å². The molecule has 0 bridgehead atoms. The number of aromatic nitrogens is 2. The molecule has 1 fully saturated rings. The molecule has 0 saturated heterocycles. The van der Waals surface area contributed by atoms with Gasteiger partial charge in [0.1, 0.15) is 11.4 Å². The Morgan fingerprint density at radius 1 is 1.33 bits per heavy atom. The standard InChI is InChI=1S/C15H21N3O3/c1-9-4-6-15(7-5-9,14(20)21)18-13(19)12-8-16-11(3)17-10(12)2/h8-9H,4-7H2,1-3H3,(H,18,19)(H,20,21). The second kappa shape index (κ2) is 5.79. The van der Waals surface area contributed by atoms with Gasteiger partial charge in [-0.3, -0.25) is 4.79 Å². The fraction of sp³-hybridized carbons (Fsp3) is 0.600. The Bertz CT molecular complexity index is 563. The smallest absolute Gasteiger partial charge is 0.329 e. The molecular weight excluding hydrogens is 270 g/mol. The zero-order valence-corrected chi connectivity index (χ0v) is 12.6. The highest BCUT2D eigenvalue weighted by Crippen LogP contribution is 2.32. The number of carboxylic acids is 1. The zero-order chi connectivity index (χ0) is 15.6. The Morgan fingerprint density at radius 2 is 1.95 bits per heavy atom. The van der Waals surface area contributed by atoms with Gasteiger partial charge in [0.05, 0.1) is 11.3 Å². The Labute approximate surface area is 124 Å². The predicted octanol–water partition coefficient (Wildman–Crippen LogP) is 1.86. The lowest BCUT2D eigenvalue weighted by Gasteiger charge is -2.36. The van der Waals surface area contributed by atoms with Crippen molar-refractivity contribution in [1.82, 2.24) is 15.3 Å². The number of carboxylic acid groups (broad SMARTS) is 1. The summed E-state index contributed by atoms with van der Waals surface area (Å²) in [5.74, 6) is -0.291. The molecular formula is C15H21N3O3. The van der Waals surface area contributed by atoms with E-state index in [0.717, 1.165) is 12.8 Å². The van der Waals surface area contributed by atoms with Crippen molar-refractivity contribution in [2.24, 2.45) is 5.92 Å². The van der Waals surface area contributed by atoms with Crippen LogP contribution in [0.25, 0.3) is 0 Å². The first-order chi connectivity index (χ1) is 9.84.